The molecule has 3 aromatic rings. The first-order valence-electron chi connectivity index (χ1n) is 5.55. The summed E-state index contributed by atoms with van der Waals surface area (Å²) in [6.07, 6.45) is 1.42. The van der Waals surface area contributed by atoms with Crippen molar-refractivity contribution in [1.29, 1.82) is 0 Å². The molecule has 0 aliphatic rings. The summed E-state index contributed by atoms with van der Waals surface area (Å²) in [6, 6.07) is 7.86. The van der Waals surface area contributed by atoms with E-state index in [4.69, 9.17) is 11.6 Å². The van der Waals surface area contributed by atoms with E-state index in [1.165, 1.54) is 18.5 Å². The van der Waals surface area contributed by atoms with Gasteiger partial charge in [-0.1, -0.05) is 23.7 Å². The lowest BCUT2D eigenvalue weighted by Crippen LogP contribution is -2.04. The van der Waals surface area contributed by atoms with Crippen LogP contribution < -0.4 is 4.74 Å². The van der Waals surface area contributed by atoms with Crippen LogP contribution in [-0.2, 0) is 0 Å². The minimum atomic E-state index is -2.91. The van der Waals surface area contributed by atoms with E-state index in [1.807, 2.05) is 0 Å². The van der Waals surface area contributed by atoms with Gasteiger partial charge in [-0.25, -0.2) is 4.98 Å². The lowest BCUT2D eigenvalue weighted by Gasteiger charge is -2.08. The molecule has 0 amide bonds. The topological polar surface area (TPSA) is 52.3 Å². The smallest absolute Gasteiger partial charge is 0.387 e. The summed E-state index contributed by atoms with van der Waals surface area (Å²) in [6.45, 7) is -2.91. The molecule has 8 heteroatoms. The second-order valence-corrected chi connectivity index (χ2v) is 4.23. The van der Waals surface area contributed by atoms with Gasteiger partial charge in [0.2, 0.25) is 0 Å². The van der Waals surface area contributed by atoms with E-state index in [1.54, 1.807) is 22.6 Å². The van der Waals surface area contributed by atoms with Gasteiger partial charge in [0, 0.05) is 6.07 Å². The summed E-state index contributed by atoms with van der Waals surface area (Å²) in [5, 5.41) is 8.16. The monoisotopic (exact) mass is 296 g/mol. The van der Waals surface area contributed by atoms with Crippen molar-refractivity contribution in [2.45, 2.75) is 6.61 Å². The van der Waals surface area contributed by atoms with Crippen LogP contribution in [0.5, 0.6) is 5.75 Å². The van der Waals surface area contributed by atoms with E-state index in [-0.39, 0.29) is 10.9 Å². The summed E-state index contributed by atoms with van der Waals surface area (Å²) in [5.41, 5.74) is 0.858. The molecule has 0 spiro atoms. The third kappa shape index (κ3) is 2.27. The molecule has 1 aromatic carbocycles. The van der Waals surface area contributed by atoms with Crippen LogP contribution in [0.4, 0.5) is 8.78 Å². The van der Waals surface area contributed by atoms with Gasteiger partial charge in [-0.05, 0) is 12.1 Å². The Morgan fingerprint density at radius 2 is 2.00 bits per heavy atom. The van der Waals surface area contributed by atoms with Crippen LogP contribution in [-0.4, -0.2) is 26.2 Å². The van der Waals surface area contributed by atoms with Gasteiger partial charge in [0.25, 0.3) is 0 Å². The van der Waals surface area contributed by atoms with E-state index in [0.29, 0.717) is 17.0 Å². The average molecular weight is 297 g/mol. The fourth-order valence-electron chi connectivity index (χ4n) is 1.81. The number of ether oxygens (including phenoxy) is 1. The maximum Gasteiger partial charge on any atom is 0.387 e. The first-order chi connectivity index (χ1) is 9.65. The van der Waals surface area contributed by atoms with Crippen LogP contribution in [0, 0.1) is 0 Å². The number of halogens is 3. The Kier molecular flexibility index (Phi) is 3.19. The highest BCUT2D eigenvalue weighted by Gasteiger charge is 2.15. The highest BCUT2D eigenvalue weighted by Crippen LogP contribution is 2.29. The van der Waals surface area contributed by atoms with Crippen LogP contribution in [0.3, 0.4) is 0 Å². The fourth-order valence-corrected chi connectivity index (χ4v) is 1.95. The van der Waals surface area contributed by atoms with Crippen LogP contribution >= 0.6 is 11.6 Å². The summed E-state index contributed by atoms with van der Waals surface area (Å²) < 4.78 is 30.9. The van der Waals surface area contributed by atoms with E-state index in [9.17, 15) is 8.78 Å². The summed E-state index contributed by atoms with van der Waals surface area (Å²) in [7, 11) is 0. The zero-order valence-electron chi connectivity index (χ0n) is 9.87. The number of alkyl halides is 2. The van der Waals surface area contributed by atoms with E-state index in [2.05, 4.69) is 19.9 Å². The van der Waals surface area contributed by atoms with Gasteiger partial charge < -0.3 is 4.74 Å². The zero-order chi connectivity index (χ0) is 14.1. The van der Waals surface area contributed by atoms with Crippen molar-refractivity contribution in [2.24, 2.45) is 0 Å². The van der Waals surface area contributed by atoms with Crippen molar-refractivity contribution in [3.8, 4) is 17.1 Å². The number of hydrogen-bond acceptors (Lipinski definition) is 4. The number of benzene rings is 1. The maximum absolute atomic E-state index is 12.4. The molecule has 0 bridgehead atoms. The molecule has 2 heterocycles. The standard InChI is InChI=1S/C12H7ClF2N4O/c13-9-5-10-17-18-11(19(10)6-16-9)7-3-1-2-4-8(7)20-12(14)15/h1-6,12H. The number of fused-ring (bicyclic) bond motifs is 1. The van der Waals surface area contributed by atoms with E-state index in [0.717, 1.165) is 0 Å². The predicted molar refractivity (Wildman–Crippen MR) is 67.9 cm³/mol. The highest BCUT2D eigenvalue weighted by atomic mass is 35.5. The summed E-state index contributed by atoms with van der Waals surface area (Å²) in [4.78, 5) is 3.92. The molecule has 2 aromatic heterocycles. The molecular weight excluding hydrogens is 290 g/mol. The van der Waals surface area contributed by atoms with Gasteiger partial charge in [0.05, 0.1) is 5.56 Å². The molecule has 5 nitrogen and oxygen atoms in total. The van der Waals surface area contributed by atoms with Gasteiger partial charge in [-0.2, -0.15) is 8.78 Å². The van der Waals surface area contributed by atoms with Gasteiger partial charge in [-0.3, -0.25) is 4.40 Å². The van der Waals surface area contributed by atoms with E-state index < -0.39 is 6.61 Å². The molecule has 0 unspecified atom stereocenters. The Bertz CT molecular complexity index is 762. The number of para-hydroxylation sites is 1. The van der Waals surface area contributed by atoms with Crippen molar-refractivity contribution in [3.63, 3.8) is 0 Å². The summed E-state index contributed by atoms with van der Waals surface area (Å²) >= 11 is 5.76. The van der Waals surface area contributed by atoms with E-state index >= 15 is 0 Å². The van der Waals surface area contributed by atoms with Crippen molar-refractivity contribution < 1.29 is 13.5 Å². The first kappa shape index (κ1) is 12.7. The van der Waals surface area contributed by atoms with Gasteiger partial charge in [0.1, 0.15) is 17.2 Å². The predicted octanol–water partition coefficient (Wildman–Crippen LogP) is 3.05. The molecule has 0 N–H and O–H groups in total. The molecule has 0 saturated heterocycles. The fraction of sp³-hybridized carbons (Fsp3) is 0.0833. The molecule has 0 atom stereocenters. The molecule has 0 saturated carbocycles. The zero-order valence-corrected chi connectivity index (χ0v) is 10.6. The maximum atomic E-state index is 12.4. The average Bonchev–Trinajstić information content (AvgIpc) is 2.81. The SMILES string of the molecule is FC(F)Oc1ccccc1-c1nnc2cc(Cl)ncn12. The third-order valence-electron chi connectivity index (χ3n) is 2.61. The molecule has 0 fully saturated rings. The quantitative estimate of drug-likeness (QED) is 0.697. The van der Waals surface area contributed by atoms with Gasteiger partial charge >= 0.3 is 6.61 Å². The van der Waals surface area contributed by atoms with Gasteiger partial charge in [0.15, 0.2) is 11.5 Å². The Labute approximate surface area is 116 Å². The molecule has 102 valence electrons. The van der Waals surface area contributed by atoms with Gasteiger partial charge in [-0.15, -0.1) is 10.2 Å². The minimum Gasteiger partial charge on any atom is -0.434 e. The Hall–Kier alpha value is -2.28. The largest absolute Gasteiger partial charge is 0.434 e. The first-order valence-corrected chi connectivity index (χ1v) is 5.93. The lowest BCUT2D eigenvalue weighted by molar-refractivity contribution is -0.0494. The Morgan fingerprint density at radius 3 is 2.80 bits per heavy atom. The summed E-state index contributed by atoms with van der Waals surface area (Å²) in [5.74, 6) is 0.368. The molecule has 0 aliphatic heterocycles. The van der Waals surface area contributed by atoms with Crippen LogP contribution in [0.25, 0.3) is 17.0 Å². The Balaban J connectivity index is 2.16. The normalized spacial score (nSPS) is 11.2. The van der Waals surface area contributed by atoms with Crippen LogP contribution in [0.1, 0.15) is 0 Å². The molecule has 20 heavy (non-hydrogen) atoms. The number of nitrogens with zero attached hydrogens (tertiary/aromatic N) is 4. The van der Waals surface area contributed by atoms with Crippen molar-refractivity contribution >= 4 is 17.2 Å². The Morgan fingerprint density at radius 1 is 1.20 bits per heavy atom. The van der Waals surface area contributed by atoms with Crippen LogP contribution in [0.2, 0.25) is 5.15 Å². The van der Waals surface area contributed by atoms with Crippen molar-refractivity contribution in [1.82, 2.24) is 19.6 Å². The van der Waals surface area contributed by atoms with Crippen LogP contribution in [0.15, 0.2) is 36.7 Å². The second-order valence-electron chi connectivity index (χ2n) is 3.84. The number of hydrogen-bond donors (Lipinski definition) is 0. The molecular formula is C12H7ClF2N4O. The number of rotatable bonds is 3. The highest BCUT2D eigenvalue weighted by molar-refractivity contribution is 6.29. The molecule has 3 rings (SSSR count). The van der Waals surface area contributed by atoms with Crippen molar-refractivity contribution in [2.75, 3.05) is 0 Å². The van der Waals surface area contributed by atoms with Crippen molar-refractivity contribution in [3.05, 3.63) is 41.8 Å². The molecule has 0 aliphatic carbocycles. The second kappa shape index (κ2) is 5.01. The lowest BCUT2D eigenvalue weighted by atomic mass is 10.2. The molecule has 0 radical (unpaired) electrons. The number of aromatic nitrogens is 4. The third-order valence-corrected chi connectivity index (χ3v) is 2.82. The minimum absolute atomic E-state index is 0.0201.